The van der Waals surface area contributed by atoms with E-state index in [1.54, 1.807) is 62.4 Å². The van der Waals surface area contributed by atoms with Crippen LogP contribution in [-0.4, -0.2) is 118 Å². The van der Waals surface area contributed by atoms with Crippen molar-refractivity contribution in [3.63, 3.8) is 0 Å². The smallest absolute Gasteiger partial charge is 0.397 e. The molecule has 4 aromatic heterocycles. The predicted octanol–water partition coefficient (Wildman–Crippen LogP) is 9.49. The fraction of sp³-hybridized carbons (Fsp3) is 0.292. The van der Waals surface area contributed by atoms with E-state index < -0.39 is 34.6 Å². The molecule has 0 unspecified atom stereocenters. The highest BCUT2D eigenvalue weighted by atomic mass is 35.5. The third-order valence-electron chi connectivity index (χ3n) is 12.0. The first-order valence-corrected chi connectivity index (χ1v) is 22.5. The van der Waals surface area contributed by atoms with E-state index in [0.717, 1.165) is 38.3 Å². The van der Waals surface area contributed by atoms with Crippen molar-refractivity contribution < 1.29 is 45.0 Å². The Morgan fingerprint density at radius 3 is 1.52 bits per heavy atom. The number of anilines is 4. The molecule has 0 aliphatic carbocycles. The van der Waals surface area contributed by atoms with E-state index in [-0.39, 0.29) is 11.4 Å². The zero-order chi connectivity index (χ0) is 50.8. The third-order valence-corrected chi connectivity index (χ3v) is 12.2. The Labute approximate surface area is 406 Å². The maximum atomic E-state index is 13.8. The normalized spacial score (nSPS) is 14.8. The number of aryl methyl sites for hydroxylation is 2. The summed E-state index contributed by atoms with van der Waals surface area (Å²) in [6.07, 6.45) is -6.31. The van der Waals surface area contributed by atoms with Gasteiger partial charge in [0, 0.05) is 74.9 Å². The minimum absolute atomic E-state index is 0.282. The fourth-order valence-corrected chi connectivity index (χ4v) is 8.15. The summed E-state index contributed by atoms with van der Waals surface area (Å²) in [5.74, 6) is 1.07. The van der Waals surface area contributed by atoms with Crippen LogP contribution in [0.1, 0.15) is 43.4 Å². The van der Waals surface area contributed by atoms with Gasteiger partial charge in [-0.25, -0.2) is 9.97 Å². The molecular formula is C48H47ClF6N12O4. The van der Waals surface area contributed by atoms with Crippen molar-refractivity contribution in [3.8, 4) is 22.8 Å². The van der Waals surface area contributed by atoms with E-state index in [1.165, 1.54) is 24.5 Å². The Hall–Kier alpha value is -7.43. The molecule has 16 nitrogen and oxygen atoms in total. The number of fused-ring (bicyclic) bond motifs is 2. The van der Waals surface area contributed by atoms with Crippen molar-refractivity contribution >= 4 is 67.6 Å². The first kappa shape index (κ1) is 50.0. The number of likely N-dealkylation sites (N-methyl/N-ethyl adjacent to an activating group) is 2. The second-order valence-electron chi connectivity index (χ2n) is 17.0. The Bertz CT molecular complexity index is 3180. The lowest BCUT2D eigenvalue weighted by Gasteiger charge is -2.34. The number of hydrogen-bond donors (Lipinski definition) is 4. The lowest BCUT2D eigenvalue weighted by Crippen LogP contribution is -2.44. The monoisotopic (exact) mass is 1000 g/mol. The number of alkyl halides is 6. The minimum Gasteiger partial charge on any atom is -0.397 e. The number of nitrogen functional groups attached to an aromatic ring is 1. The van der Waals surface area contributed by atoms with Crippen molar-refractivity contribution in [2.45, 2.75) is 26.2 Å². The van der Waals surface area contributed by atoms with Crippen LogP contribution in [0.2, 0.25) is 0 Å². The molecule has 2 fully saturated rings. The number of hydrogen-bond acceptors (Lipinski definition) is 13. The van der Waals surface area contributed by atoms with Crippen molar-refractivity contribution in [1.29, 1.82) is 0 Å². The topological polar surface area (TPSA) is 195 Å². The Morgan fingerprint density at radius 2 is 1.10 bits per heavy atom. The number of carbonyl (C=O) groups excluding carboxylic acids is 2. The van der Waals surface area contributed by atoms with Crippen molar-refractivity contribution in [2.24, 2.45) is 0 Å². The van der Waals surface area contributed by atoms with Crippen molar-refractivity contribution in [3.05, 3.63) is 119 Å². The maximum Gasteiger partial charge on any atom is 0.416 e. The SMILES string of the molecule is CN1CCN(c2cc(-c3nc4c(N)cccc4[nH]3)cc(C(F)(F)F)c2)CC1.Cc1oncc1C(=O)Cl.Cc1oncc1C(=O)Nc1cccc2[nH]c(-c3cc(N4CCN(C)CC4)cc(C(F)(F)F)c3)nc12. The van der Waals surface area contributed by atoms with Crippen LogP contribution in [0.25, 0.3) is 44.8 Å². The van der Waals surface area contributed by atoms with Gasteiger partial charge >= 0.3 is 12.4 Å². The number of amides is 1. The first-order chi connectivity index (χ1) is 33.7. The van der Waals surface area contributed by atoms with E-state index in [9.17, 15) is 35.9 Å². The van der Waals surface area contributed by atoms with Gasteiger partial charge in [-0.2, -0.15) is 26.3 Å². The van der Waals surface area contributed by atoms with Crippen LogP contribution < -0.4 is 20.9 Å². The van der Waals surface area contributed by atoms with E-state index in [2.05, 4.69) is 49.9 Å². The van der Waals surface area contributed by atoms with Gasteiger partial charge in [0.1, 0.15) is 39.8 Å². The lowest BCUT2D eigenvalue weighted by atomic mass is 10.1. The Kier molecular flexibility index (Phi) is 14.4. The highest BCUT2D eigenvalue weighted by Crippen LogP contribution is 2.38. The number of nitrogens with two attached hydrogens (primary N) is 1. The van der Waals surface area contributed by atoms with E-state index in [4.69, 9.17) is 21.9 Å². The molecule has 4 aromatic carbocycles. The van der Waals surface area contributed by atoms with Crippen molar-refractivity contribution in [1.82, 2.24) is 40.0 Å². The zero-order valence-corrected chi connectivity index (χ0v) is 39.4. The number of para-hydroxylation sites is 2. The van der Waals surface area contributed by atoms with Crippen molar-refractivity contribution in [2.75, 3.05) is 87.3 Å². The molecule has 5 N–H and O–H groups in total. The largest absolute Gasteiger partial charge is 0.416 e. The number of halogens is 7. The molecule has 0 spiro atoms. The van der Waals surface area contributed by atoms with E-state index in [1.807, 2.05) is 23.9 Å². The van der Waals surface area contributed by atoms with Gasteiger partial charge in [-0.1, -0.05) is 22.4 Å². The molecule has 23 heteroatoms. The standard InChI is InChI=1S/C24H23F3N6O2.C19H20F3N5.C5H4ClNO2/c1-14-18(13-28-35-14)23(34)30-20-5-3-4-19-21(20)31-22(29-19)15-10-16(24(25,26)27)12-17(11-15)33-8-6-32(2)7-9-33;1-26-5-7-27(8-6-26)14-10-12(9-13(11-14)19(20,21)22)18-24-16-4-2-3-15(23)17(16)25-18;1-3-4(5(6)8)2-7-9-3/h3-5,10-13H,6-9H2,1-2H3,(H,29,31)(H,30,34);2-4,9-11H,5-8,23H2,1H3,(H,24,25);2H,1H3. The molecule has 2 aliphatic rings. The number of piperazine rings is 2. The van der Waals surface area contributed by atoms with Crippen LogP contribution in [0, 0.1) is 13.8 Å². The van der Waals surface area contributed by atoms with Gasteiger partial charge in [0.05, 0.1) is 51.5 Å². The molecule has 0 atom stereocenters. The number of H-pyrrole nitrogens is 2. The van der Waals surface area contributed by atoms with Crippen LogP contribution in [0.15, 0.2) is 94.2 Å². The second-order valence-corrected chi connectivity index (χ2v) is 17.4. The average Bonchev–Trinajstić information content (AvgIpc) is 4.17. The molecule has 8 aromatic rings. The van der Waals surface area contributed by atoms with Gasteiger partial charge in [-0.3, -0.25) is 9.59 Å². The highest BCUT2D eigenvalue weighted by molar-refractivity contribution is 6.67. The van der Waals surface area contributed by atoms with Crippen LogP contribution in [0.4, 0.5) is 49.1 Å². The molecule has 0 bridgehead atoms. The molecule has 10 rings (SSSR count). The number of aromatic amines is 2. The zero-order valence-electron chi connectivity index (χ0n) is 38.7. The van der Waals surface area contributed by atoms with E-state index in [0.29, 0.717) is 105 Å². The minimum atomic E-state index is -4.50. The average molecular weight is 1010 g/mol. The summed E-state index contributed by atoms with van der Waals surface area (Å²) in [4.78, 5) is 46.4. The number of carbonyl (C=O) groups is 2. The highest BCUT2D eigenvalue weighted by Gasteiger charge is 2.34. The quantitative estimate of drug-likeness (QED) is 0.0671. The molecule has 2 aliphatic heterocycles. The molecule has 6 heterocycles. The number of benzene rings is 4. The first-order valence-electron chi connectivity index (χ1n) is 22.1. The molecule has 0 saturated carbocycles. The van der Waals surface area contributed by atoms with Gasteiger partial charge < -0.3 is 49.7 Å². The number of aromatic nitrogens is 6. The summed E-state index contributed by atoms with van der Waals surface area (Å²) in [5, 5.41) is 9.22. The van der Waals surface area contributed by atoms with Crippen LogP contribution in [0.3, 0.4) is 0 Å². The van der Waals surface area contributed by atoms with Gasteiger partial charge in [0.2, 0.25) is 0 Å². The van der Waals surface area contributed by atoms with E-state index >= 15 is 0 Å². The third kappa shape index (κ3) is 11.6. The Morgan fingerprint density at radius 1 is 0.648 bits per heavy atom. The molecule has 1 amide bonds. The number of imidazole rings is 2. The van der Waals surface area contributed by atoms with Crippen LogP contribution in [-0.2, 0) is 12.4 Å². The maximum absolute atomic E-state index is 13.8. The fourth-order valence-electron chi connectivity index (χ4n) is 7.97. The van der Waals surface area contributed by atoms with Gasteiger partial charge in [0.25, 0.3) is 11.1 Å². The summed E-state index contributed by atoms with van der Waals surface area (Å²) in [6.45, 7) is 9.05. The lowest BCUT2D eigenvalue weighted by molar-refractivity contribution is -0.138. The second kappa shape index (κ2) is 20.5. The summed E-state index contributed by atoms with van der Waals surface area (Å²) in [7, 11) is 4.00. The molecule has 0 radical (unpaired) electrons. The van der Waals surface area contributed by atoms with Crippen LogP contribution in [0.5, 0.6) is 0 Å². The Balaban J connectivity index is 0.000000166. The van der Waals surface area contributed by atoms with Gasteiger partial charge in [-0.15, -0.1) is 0 Å². The molecule has 372 valence electrons. The molecule has 71 heavy (non-hydrogen) atoms. The number of nitrogens with one attached hydrogen (secondary N) is 3. The summed E-state index contributed by atoms with van der Waals surface area (Å²) in [6, 6.07) is 18.6. The van der Waals surface area contributed by atoms with Crippen LogP contribution >= 0.6 is 11.6 Å². The summed E-state index contributed by atoms with van der Waals surface area (Å²) >= 11 is 5.11. The summed E-state index contributed by atoms with van der Waals surface area (Å²) < 4.78 is 91.2. The molecular weight excluding hydrogens is 958 g/mol. The molecule has 2 saturated heterocycles. The van der Waals surface area contributed by atoms with Gasteiger partial charge in [-0.05, 0) is 100 Å². The summed E-state index contributed by atoms with van der Waals surface area (Å²) in [5.41, 5.74) is 10.1. The number of rotatable bonds is 7. The predicted molar refractivity (Wildman–Crippen MR) is 258 cm³/mol. The number of nitrogens with zero attached hydrogens (tertiary/aromatic N) is 8. The van der Waals surface area contributed by atoms with Gasteiger partial charge in [0.15, 0.2) is 0 Å².